The van der Waals surface area contributed by atoms with Gasteiger partial charge in [0.05, 0.1) is 11.1 Å². The van der Waals surface area contributed by atoms with Gasteiger partial charge in [-0.1, -0.05) is 0 Å². The Balaban J connectivity index is 3.10. The first-order valence-corrected chi connectivity index (χ1v) is 5.27. The molecular weight excluding hydrogens is 360 g/mol. The van der Waals surface area contributed by atoms with Crippen LogP contribution in [0.15, 0.2) is 5.83 Å². The van der Waals surface area contributed by atoms with E-state index in [1.807, 2.05) is 0 Å². The van der Waals surface area contributed by atoms with Gasteiger partial charge in [0, 0.05) is 5.56 Å². The lowest BCUT2D eigenvalue weighted by molar-refractivity contribution is -0.176. The maximum atomic E-state index is 13.5. The zero-order chi connectivity index (χ0) is 18.1. The van der Waals surface area contributed by atoms with Gasteiger partial charge in [-0.05, 0) is 0 Å². The predicted molar refractivity (Wildman–Crippen MR) is 49.2 cm³/mol. The highest BCUT2D eigenvalue weighted by Crippen LogP contribution is 2.61. The van der Waals surface area contributed by atoms with Gasteiger partial charge in [-0.3, -0.25) is 0 Å². The molecule has 12 heteroatoms. The Bertz CT molecular complexity index is 724. The van der Waals surface area contributed by atoms with Gasteiger partial charge in [0.1, 0.15) is 0 Å². The summed E-state index contributed by atoms with van der Waals surface area (Å²) in [5.41, 5.74) is -8.90. The van der Waals surface area contributed by atoms with Crippen LogP contribution in [-0.2, 0) is 5.92 Å². The molecule has 0 nitrogen and oxygen atoms in total. The van der Waals surface area contributed by atoms with Crippen molar-refractivity contribution in [2.24, 2.45) is 0 Å². The minimum Gasteiger partial charge on any atom is -0.203 e. The summed E-state index contributed by atoms with van der Waals surface area (Å²) in [5.74, 6) is -27.9. The molecule has 1 aliphatic rings. The summed E-state index contributed by atoms with van der Waals surface area (Å²) in [6.07, 6.45) is -6.29. The molecule has 23 heavy (non-hydrogen) atoms. The Kier molecular flexibility index (Phi) is 3.47. The number of allylic oxidation sites excluding steroid dienone is 2. The number of benzene rings is 1. The van der Waals surface area contributed by atoms with Crippen LogP contribution in [0.3, 0.4) is 0 Å². The van der Waals surface area contributed by atoms with Crippen molar-refractivity contribution in [1.82, 2.24) is 0 Å². The molecule has 1 aliphatic carbocycles. The van der Waals surface area contributed by atoms with Crippen LogP contribution in [0.25, 0.3) is 5.57 Å². The fourth-order valence-corrected chi connectivity index (χ4v) is 2.02. The van der Waals surface area contributed by atoms with Gasteiger partial charge in [0.2, 0.25) is 5.83 Å². The van der Waals surface area contributed by atoms with Crippen molar-refractivity contribution in [2.75, 3.05) is 0 Å². The molecule has 0 heterocycles. The normalized spacial score (nSPS) is 21.4. The van der Waals surface area contributed by atoms with Crippen molar-refractivity contribution in [3.63, 3.8) is 0 Å². The highest BCUT2D eigenvalue weighted by atomic mass is 19.4. The molecule has 1 aromatic carbocycles. The summed E-state index contributed by atoms with van der Waals surface area (Å²) in [4.78, 5) is 0. The van der Waals surface area contributed by atoms with Crippen LogP contribution in [0.1, 0.15) is 11.1 Å². The number of halogens is 12. The van der Waals surface area contributed by atoms with E-state index in [1.54, 1.807) is 0 Å². The average molecular weight is 360 g/mol. The first-order valence-electron chi connectivity index (χ1n) is 5.27. The Morgan fingerprint density at radius 2 is 1.13 bits per heavy atom. The minimum absolute atomic E-state index is 2.70. The lowest BCUT2D eigenvalue weighted by Gasteiger charge is -2.20. The molecular formula is C11F12. The molecule has 0 radical (unpaired) electrons. The number of hydrogen-bond donors (Lipinski definition) is 0. The smallest absolute Gasteiger partial charge is 0.203 e. The number of alkyl halides is 7. The summed E-state index contributed by atoms with van der Waals surface area (Å²) in [7, 11) is 0. The minimum atomic E-state index is -6.29. The summed E-state index contributed by atoms with van der Waals surface area (Å²) >= 11 is 0. The molecule has 1 aromatic rings. The average Bonchev–Trinajstić information content (AvgIpc) is 2.56. The Morgan fingerprint density at radius 1 is 0.696 bits per heavy atom. The quantitative estimate of drug-likeness (QED) is 0.338. The van der Waals surface area contributed by atoms with Crippen molar-refractivity contribution >= 4 is 5.57 Å². The second kappa shape index (κ2) is 4.57. The molecule has 0 saturated heterocycles. The molecule has 0 aromatic heterocycles. The molecule has 0 fully saturated rings. The molecule has 0 spiro atoms. The largest absolute Gasteiger partial charge is 0.443 e. The van der Waals surface area contributed by atoms with Crippen LogP contribution in [-0.4, -0.2) is 12.1 Å². The molecule has 0 saturated carbocycles. The van der Waals surface area contributed by atoms with Gasteiger partial charge < -0.3 is 0 Å². The molecule has 0 aliphatic heterocycles. The van der Waals surface area contributed by atoms with Crippen LogP contribution in [0.5, 0.6) is 0 Å². The summed E-state index contributed by atoms with van der Waals surface area (Å²) < 4.78 is 156. The first kappa shape index (κ1) is 17.5. The molecule has 0 N–H and O–H groups in total. The fourth-order valence-electron chi connectivity index (χ4n) is 2.02. The van der Waals surface area contributed by atoms with Gasteiger partial charge in [-0.2, -0.15) is 30.7 Å². The zero-order valence-corrected chi connectivity index (χ0v) is 10.0. The highest BCUT2D eigenvalue weighted by molar-refractivity contribution is 5.82. The van der Waals surface area contributed by atoms with E-state index in [2.05, 4.69) is 0 Å². The van der Waals surface area contributed by atoms with Gasteiger partial charge >= 0.3 is 18.0 Å². The van der Waals surface area contributed by atoms with Crippen LogP contribution in [0.2, 0.25) is 0 Å². The van der Waals surface area contributed by atoms with E-state index in [-0.39, 0.29) is 0 Å². The van der Waals surface area contributed by atoms with Crippen molar-refractivity contribution in [1.29, 1.82) is 0 Å². The number of rotatable bonds is 0. The van der Waals surface area contributed by atoms with E-state index in [0.29, 0.717) is 0 Å². The lowest BCUT2D eigenvalue weighted by Crippen LogP contribution is -2.35. The molecule has 0 bridgehead atoms. The van der Waals surface area contributed by atoms with Gasteiger partial charge in [-0.25, -0.2) is 22.0 Å². The van der Waals surface area contributed by atoms with Crippen molar-refractivity contribution in [2.45, 2.75) is 18.0 Å². The lowest BCUT2D eigenvalue weighted by atomic mass is 10.0. The standard InChI is InChI=1S/C11F12/c12-4-1-2(5(13)7(15)6(4)14)9(17,18)10(19,20)3(1)8(16)11(21,22)23. The molecule has 2 rings (SSSR count). The zero-order valence-electron chi connectivity index (χ0n) is 10.0. The summed E-state index contributed by atoms with van der Waals surface area (Å²) in [6, 6.07) is 0. The summed E-state index contributed by atoms with van der Waals surface area (Å²) in [5, 5.41) is 0. The molecule has 128 valence electrons. The Labute approximate surface area is 118 Å². The topological polar surface area (TPSA) is 0 Å². The van der Waals surface area contributed by atoms with E-state index >= 15 is 0 Å². The third kappa shape index (κ3) is 2.02. The van der Waals surface area contributed by atoms with Gasteiger partial charge in [0.25, 0.3) is 0 Å². The third-order valence-corrected chi connectivity index (χ3v) is 3.01. The number of fused-ring (bicyclic) bond motifs is 1. The van der Waals surface area contributed by atoms with E-state index in [0.717, 1.165) is 0 Å². The molecule has 0 atom stereocenters. The second-order valence-electron chi connectivity index (χ2n) is 4.34. The fraction of sp³-hybridized carbons (Fsp3) is 0.273. The third-order valence-electron chi connectivity index (χ3n) is 3.01. The van der Waals surface area contributed by atoms with Crippen LogP contribution >= 0.6 is 0 Å². The van der Waals surface area contributed by atoms with Crippen LogP contribution < -0.4 is 0 Å². The summed E-state index contributed by atoms with van der Waals surface area (Å²) in [6.45, 7) is 0. The van der Waals surface area contributed by atoms with Gasteiger partial charge in [0.15, 0.2) is 23.3 Å². The Morgan fingerprint density at radius 3 is 1.57 bits per heavy atom. The van der Waals surface area contributed by atoms with Crippen molar-refractivity contribution < 1.29 is 52.7 Å². The SMILES string of the molecule is FC(=C1c2c(F)c(F)c(F)c(F)c2C(F)(F)C1(F)F)C(F)(F)F. The molecule has 0 unspecified atom stereocenters. The first-order chi connectivity index (χ1) is 10.2. The van der Waals surface area contributed by atoms with Gasteiger partial charge in [-0.15, -0.1) is 0 Å². The van der Waals surface area contributed by atoms with Crippen molar-refractivity contribution in [3.8, 4) is 0 Å². The number of hydrogen-bond acceptors (Lipinski definition) is 0. The van der Waals surface area contributed by atoms with E-state index in [9.17, 15) is 52.7 Å². The molecule has 0 amide bonds. The van der Waals surface area contributed by atoms with E-state index in [4.69, 9.17) is 0 Å². The van der Waals surface area contributed by atoms with Crippen LogP contribution in [0, 0.1) is 23.3 Å². The predicted octanol–water partition coefficient (Wildman–Crippen LogP) is 5.23. The van der Waals surface area contributed by atoms with E-state index in [1.165, 1.54) is 0 Å². The van der Waals surface area contributed by atoms with Crippen LogP contribution in [0.4, 0.5) is 52.7 Å². The highest BCUT2D eigenvalue weighted by Gasteiger charge is 2.71. The maximum absolute atomic E-state index is 13.5. The Hall–Kier alpha value is -1.88. The second-order valence-corrected chi connectivity index (χ2v) is 4.34. The van der Waals surface area contributed by atoms with E-state index < -0.39 is 63.8 Å². The van der Waals surface area contributed by atoms with Crippen molar-refractivity contribution in [3.05, 3.63) is 40.2 Å². The monoisotopic (exact) mass is 360 g/mol. The maximum Gasteiger partial charge on any atom is 0.443 e.